The van der Waals surface area contributed by atoms with E-state index in [1.165, 1.54) is 4.90 Å². The first-order chi connectivity index (χ1) is 10.4. The first kappa shape index (κ1) is 16.0. The molecule has 0 fully saturated rings. The summed E-state index contributed by atoms with van der Waals surface area (Å²) in [5, 5.41) is 0. The summed E-state index contributed by atoms with van der Waals surface area (Å²) in [7, 11) is 1.67. The third kappa shape index (κ3) is 3.42. The Labute approximate surface area is 131 Å². The van der Waals surface area contributed by atoms with Gasteiger partial charge in [-0.05, 0) is 32.9 Å². The van der Waals surface area contributed by atoms with Crippen LogP contribution in [0.4, 0.5) is 0 Å². The highest BCUT2D eigenvalue weighted by atomic mass is 16.2. The molecule has 2 rings (SSSR count). The van der Waals surface area contributed by atoms with Crippen LogP contribution in [0.2, 0.25) is 0 Å². The van der Waals surface area contributed by atoms with E-state index in [1.807, 2.05) is 44.2 Å². The summed E-state index contributed by atoms with van der Waals surface area (Å²) >= 11 is 0. The molecule has 0 saturated heterocycles. The van der Waals surface area contributed by atoms with Crippen LogP contribution in [0.15, 0.2) is 48.5 Å². The van der Waals surface area contributed by atoms with Crippen LogP contribution in [0.5, 0.6) is 0 Å². The number of hydrogen-bond acceptors (Lipinski definition) is 2. The number of nitrogens with zero attached hydrogens (tertiary/aromatic N) is 1. The number of Topliss-reactive ketones (excluding diaryl/α,β-unsaturated/α-hetero) is 1. The zero-order valence-corrected chi connectivity index (χ0v) is 13.5. The van der Waals surface area contributed by atoms with Gasteiger partial charge in [-0.3, -0.25) is 9.59 Å². The second-order valence-corrected chi connectivity index (χ2v) is 5.69. The second kappa shape index (κ2) is 6.56. The summed E-state index contributed by atoms with van der Waals surface area (Å²) in [4.78, 5) is 26.5. The lowest BCUT2D eigenvalue weighted by Crippen LogP contribution is -2.40. The van der Waals surface area contributed by atoms with Gasteiger partial charge in [0.05, 0.1) is 6.04 Å². The lowest BCUT2D eigenvalue weighted by atomic mass is 10.0. The average Bonchev–Trinajstić information content (AvgIpc) is 2.52. The predicted molar refractivity (Wildman–Crippen MR) is 88.2 cm³/mol. The Bertz CT molecular complexity index is 689. The van der Waals surface area contributed by atoms with E-state index in [1.54, 1.807) is 32.2 Å². The molecule has 3 nitrogen and oxygen atoms in total. The van der Waals surface area contributed by atoms with E-state index in [0.717, 1.165) is 11.1 Å². The van der Waals surface area contributed by atoms with Crippen LogP contribution in [0, 0.1) is 13.8 Å². The lowest BCUT2D eigenvalue weighted by Gasteiger charge is -2.24. The van der Waals surface area contributed by atoms with Crippen LogP contribution in [0.3, 0.4) is 0 Å². The van der Waals surface area contributed by atoms with Gasteiger partial charge in [0.15, 0.2) is 5.78 Å². The third-order valence-electron chi connectivity index (χ3n) is 3.88. The quantitative estimate of drug-likeness (QED) is 0.807. The maximum atomic E-state index is 12.5. The Morgan fingerprint density at radius 3 is 2.14 bits per heavy atom. The normalized spacial score (nSPS) is 11.8. The van der Waals surface area contributed by atoms with Gasteiger partial charge in [-0.1, -0.05) is 47.5 Å². The number of amides is 1. The molecule has 3 heteroatoms. The maximum absolute atomic E-state index is 12.5. The van der Waals surface area contributed by atoms with Crippen LogP contribution in [0.1, 0.15) is 38.8 Å². The van der Waals surface area contributed by atoms with E-state index in [2.05, 4.69) is 0 Å². The second-order valence-electron chi connectivity index (χ2n) is 5.69. The van der Waals surface area contributed by atoms with Crippen molar-refractivity contribution in [3.05, 3.63) is 70.8 Å². The van der Waals surface area contributed by atoms with E-state index in [0.29, 0.717) is 11.1 Å². The molecule has 0 aliphatic carbocycles. The van der Waals surface area contributed by atoms with Crippen molar-refractivity contribution in [1.29, 1.82) is 0 Å². The molecule has 114 valence electrons. The van der Waals surface area contributed by atoms with Gasteiger partial charge in [-0.25, -0.2) is 0 Å². The lowest BCUT2D eigenvalue weighted by molar-refractivity contribution is 0.0675. The highest BCUT2D eigenvalue weighted by Crippen LogP contribution is 2.13. The number of rotatable bonds is 4. The predicted octanol–water partition coefficient (Wildman–Crippen LogP) is 3.65. The number of aryl methyl sites for hydroxylation is 2. The number of ketones is 1. The molecule has 0 bridgehead atoms. The minimum absolute atomic E-state index is 0.0523. The van der Waals surface area contributed by atoms with Crippen LogP contribution >= 0.6 is 0 Å². The van der Waals surface area contributed by atoms with Gasteiger partial charge in [-0.15, -0.1) is 0 Å². The number of carbonyl (C=O) groups is 2. The molecule has 0 aromatic heterocycles. The van der Waals surface area contributed by atoms with Gasteiger partial charge >= 0.3 is 0 Å². The molecule has 0 heterocycles. The minimum Gasteiger partial charge on any atom is -0.332 e. The Kier molecular flexibility index (Phi) is 4.76. The number of benzene rings is 2. The van der Waals surface area contributed by atoms with E-state index < -0.39 is 6.04 Å². The molecule has 0 spiro atoms. The van der Waals surface area contributed by atoms with Crippen molar-refractivity contribution in [2.75, 3.05) is 7.05 Å². The molecule has 0 N–H and O–H groups in total. The summed E-state index contributed by atoms with van der Waals surface area (Å²) in [6, 6.07) is 14.3. The fraction of sp³-hybridized carbons (Fsp3) is 0.263. The number of likely N-dealkylation sites (N-methyl/N-ethyl adjacent to an activating group) is 1. The summed E-state index contributed by atoms with van der Waals surface area (Å²) in [6.45, 7) is 5.68. The zero-order chi connectivity index (χ0) is 16.3. The van der Waals surface area contributed by atoms with Crippen molar-refractivity contribution in [3.63, 3.8) is 0 Å². The highest BCUT2D eigenvalue weighted by Gasteiger charge is 2.24. The van der Waals surface area contributed by atoms with Gasteiger partial charge < -0.3 is 4.90 Å². The first-order valence-electron chi connectivity index (χ1n) is 7.35. The first-order valence-corrected chi connectivity index (χ1v) is 7.35. The maximum Gasteiger partial charge on any atom is 0.254 e. The molecule has 22 heavy (non-hydrogen) atoms. The Hall–Kier alpha value is -2.42. The molecule has 0 saturated carbocycles. The molecular weight excluding hydrogens is 274 g/mol. The minimum atomic E-state index is -0.504. The molecule has 0 radical (unpaired) electrons. The van der Waals surface area contributed by atoms with Gasteiger partial charge in [0, 0.05) is 18.2 Å². The topological polar surface area (TPSA) is 37.4 Å². The van der Waals surface area contributed by atoms with Crippen molar-refractivity contribution < 1.29 is 9.59 Å². The van der Waals surface area contributed by atoms with Crippen molar-refractivity contribution in [2.24, 2.45) is 0 Å². The van der Waals surface area contributed by atoms with Crippen LogP contribution in [-0.4, -0.2) is 29.7 Å². The molecule has 1 atom stereocenters. The van der Waals surface area contributed by atoms with E-state index in [4.69, 9.17) is 0 Å². The van der Waals surface area contributed by atoms with Crippen molar-refractivity contribution in [1.82, 2.24) is 4.90 Å². The molecule has 2 aromatic carbocycles. The highest BCUT2D eigenvalue weighted by molar-refractivity contribution is 6.04. The Morgan fingerprint density at radius 1 is 0.909 bits per heavy atom. The van der Waals surface area contributed by atoms with Crippen LogP contribution in [0.25, 0.3) is 0 Å². The fourth-order valence-electron chi connectivity index (χ4n) is 2.29. The van der Waals surface area contributed by atoms with E-state index >= 15 is 0 Å². The van der Waals surface area contributed by atoms with E-state index in [9.17, 15) is 9.59 Å². The summed E-state index contributed by atoms with van der Waals surface area (Å²) in [5.41, 5.74) is 3.36. The zero-order valence-electron chi connectivity index (χ0n) is 13.5. The standard InChI is InChI=1S/C19H21NO2/c1-13-8-10-16(11-9-13)18(21)15(3)20(4)19(22)17-7-5-6-14(2)12-17/h5-12,15H,1-4H3. The number of carbonyl (C=O) groups excluding carboxylic acids is 2. The molecule has 1 unspecified atom stereocenters. The average molecular weight is 295 g/mol. The summed E-state index contributed by atoms with van der Waals surface area (Å²) in [6.07, 6.45) is 0. The smallest absolute Gasteiger partial charge is 0.254 e. The summed E-state index contributed by atoms with van der Waals surface area (Å²) in [5.74, 6) is -0.194. The molecule has 0 aliphatic heterocycles. The van der Waals surface area contributed by atoms with Gasteiger partial charge in [0.1, 0.15) is 0 Å². The Balaban J connectivity index is 2.17. The molecular formula is C19H21NO2. The van der Waals surface area contributed by atoms with Crippen LogP contribution in [-0.2, 0) is 0 Å². The van der Waals surface area contributed by atoms with Gasteiger partial charge in [0.2, 0.25) is 0 Å². The van der Waals surface area contributed by atoms with E-state index in [-0.39, 0.29) is 11.7 Å². The fourth-order valence-corrected chi connectivity index (χ4v) is 2.29. The van der Waals surface area contributed by atoms with Crippen molar-refractivity contribution in [2.45, 2.75) is 26.8 Å². The largest absolute Gasteiger partial charge is 0.332 e. The molecule has 2 aromatic rings. The van der Waals surface area contributed by atoms with Crippen LogP contribution < -0.4 is 0 Å². The van der Waals surface area contributed by atoms with Gasteiger partial charge in [0.25, 0.3) is 5.91 Å². The monoisotopic (exact) mass is 295 g/mol. The Morgan fingerprint density at radius 2 is 1.55 bits per heavy atom. The van der Waals surface area contributed by atoms with Crippen molar-refractivity contribution >= 4 is 11.7 Å². The van der Waals surface area contributed by atoms with Crippen molar-refractivity contribution in [3.8, 4) is 0 Å². The third-order valence-corrected chi connectivity index (χ3v) is 3.88. The number of hydrogen-bond donors (Lipinski definition) is 0. The van der Waals surface area contributed by atoms with Gasteiger partial charge in [-0.2, -0.15) is 0 Å². The SMILES string of the molecule is Cc1ccc(C(=O)C(C)N(C)C(=O)c2cccc(C)c2)cc1. The molecule has 0 aliphatic rings. The summed E-state index contributed by atoms with van der Waals surface area (Å²) < 4.78 is 0. The molecule has 1 amide bonds.